The van der Waals surface area contributed by atoms with E-state index in [2.05, 4.69) is 15.4 Å². The first-order valence-electron chi connectivity index (χ1n) is 7.98. The number of benzene rings is 2. The van der Waals surface area contributed by atoms with Gasteiger partial charge in [-0.25, -0.2) is 9.50 Å². The van der Waals surface area contributed by atoms with Gasteiger partial charge < -0.3 is 5.32 Å². The zero-order valence-electron chi connectivity index (χ0n) is 13.7. The molecule has 4 aromatic rings. The molecule has 5 heteroatoms. The maximum atomic E-state index is 12.6. The van der Waals surface area contributed by atoms with E-state index in [0.29, 0.717) is 11.2 Å². The zero-order valence-corrected chi connectivity index (χ0v) is 13.7. The summed E-state index contributed by atoms with van der Waals surface area (Å²) < 4.78 is 1.69. The summed E-state index contributed by atoms with van der Waals surface area (Å²) in [6, 6.07) is 19.5. The van der Waals surface area contributed by atoms with Crippen molar-refractivity contribution in [1.29, 1.82) is 0 Å². The van der Waals surface area contributed by atoms with Crippen LogP contribution in [0.3, 0.4) is 0 Å². The van der Waals surface area contributed by atoms with Crippen molar-refractivity contribution in [3.63, 3.8) is 0 Å². The van der Waals surface area contributed by atoms with Crippen LogP contribution < -0.4 is 5.32 Å². The van der Waals surface area contributed by atoms with E-state index in [1.165, 1.54) is 0 Å². The van der Waals surface area contributed by atoms with Crippen molar-refractivity contribution < 1.29 is 4.79 Å². The molecule has 0 fully saturated rings. The standard InChI is InChI=1S/C20H16N4O/c1-14-7-9-16(10-8-14)23-20(25)17-13-22-24-18(11-12-21-19(17)24)15-5-3-2-4-6-15/h2-13H,1H3,(H,23,25). The Morgan fingerprint density at radius 3 is 2.52 bits per heavy atom. The van der Waals surface area contributed by atoms with Crippen LogP contribution in [-0.2, 0) is 0 Å². The fraction of sp³-hybridized carbons (Fsp3) is 0.0500. The summed E-state index contributed by atoms with van der Waals surface area (Å²) in [6.07, 6.45) is 3.25. The van der Waals surface area contributed by atoms with E-state index < -0.39 is 0 Å². The highest BCUT2D eigenvalue weighted by Crippen LogP contribution is 2.21. The Labute approximate surface area is 145 Å². The number of rotatable bonds is 3. The van der Waals surface area contributed by atoms with Crippen LogP contribution in [-0.4, -0.2) is 20.5 Å². The number of aromatic nitrogens is 3. The molecule has 0 atom stereocenters. The van der Waals surface area contributed by atoms with Crippen LogP contribution in [0.2, 0.25) is 0 Å². The Balaban J connectivity index is 1.71. The molecule has 0 spiro atoms. The summed E-state index contributed by atoms with van der Waals surface area (Å²) in [6.45, 7) is 2.01. The van der Waals surface area contributed by atoms with Gasteiger partial charge in [0.2, 0.25) is 0 Å². The number of nitrogens with zero attached hydrogens (tertiary/aromatic N) is 3. The second-order valence-corrected chi connectivity index (χ2v) is 5.81. The van der Waals surface area contributed by atoms with Crippen LogP contribution in [0.1, 0.15) is 15.9 Å². The van der Waals surface area contributed by atoms with E-state index in [1.54, 1.807) is 16.9 Å². The summed E-state index contributed by atoms with van der Waals surface area (Å²) in [4.78, 5) is 17.0. The number of carbonyl (C=O) groups excluding carboxylic acids is 1. The molecule has 0 radical (unpaired) electrons. The maximum Gasteiger partial charge on any atom is 0.261 e. The average Bonchev–Trinajstić information content (AvgIpc) is 3.08. The highest BCUT2D eigenvalue weighted by Gasteiger charge is 2.16. The van der Waals surface area contributed by atoms with Crippen molar-refractivity contribution in [3.05, 3.63) is 84.2 Å². The first-order valence-corrected chi connectivity index (χ1v) is 7.98. The molecule has 4 rings (SSSR count). The van der Waals surface area contributed by atoms with Gasteiger partial charge in [0.25, 0.3) is 5.91 Å². The normalized spacial score (nSPS) is 10.8. The maximum absolute atomic E-state index is 12.6. The van der Waals surface area contributed by atoms with E-state index in [1.807, 2.05) is 67.6 Å². The van der Waals surface area contributed by atoms with Crippen LogP contribution in [0.25, 0.3) is 16.9 Å². The number of amides is 1. The monoisotopic (exact) mass is 328 g/mol. The van der Waals surface area contributed by atoms with Gasteiger partial charge in [-0.3, -0.25) is 4.79 Å². The molecule has 0 bridgehead atoms. The van der Waals surface area contributed by atoms with Crippen LogP contribution in [0.15, 0.2) is 73.1 Å². The first kappa shape index (κ1) is 15.1. The fourth-order valence-electron chi connectivity index (χ4n) is 2.71. The van der Waals surface area contributed by atoms with Crippen LogP contribution in [0.5, 0.6) is 0 Å². The van der Waals surface area contributed by atoms with Crippen molar-refractivity contribution in [1.82, 2.24) is 14.6 Å². The van der Waals surface area contributed by atoms with Crippen LogP contribution >= 0.6 is 0 Å². The lowest BCUT2D eigenvalue weighted by atomic mass is 10.1. The molecule has 1 N–H and O–H groups in total. The average molecular weight is 328 g/mol. The number of nitrogens with one attached hydrogen (secondary N) is 1. The second kappa shape index (κ2) is 6.20. The number of aryl methyl sites for hydroxylation is 1. The van der Waals surface area contributed by atoms with Gasteiger partial charge >= 0.3 is 0 Å². The molecule has 2 aromatic heterocycles. The zero-order chi connectivity index (χ0) is 17.2. The molecule has 0 saturated carbocycles. The van der Waals surface area contributed by atoms with Crippen molar-refractivity contribution in [2.45, 2.75) is 6.92 Å². The summed E-state index contributed by atoms with van der Waals surface area (Å²) in [7, 11) is 0. The minimum atomic E-state index is -0.225. The summed E-state index contributed by atoms with van der Waals surface area (Å²) in [5.74, 6) is -0.225. The third kappa shape index (κ3) is 2.87. The van der Waals surface area contributed by atoms with Gasteiger partial charge in [0.1, 0.15) is 5.56 Å². The molecule has 2 aromatic carbocycles. The van der Waals surface area contributed by atoms with Crippen molar-refractivity contribution in [2.24, 2.45) is 0 Å². The van der Waals surface area contributed by atoms with Gasteiger partial charge in [-0.1, -0.05) is 48.0 Å². The van der Waals surface area contributed by atoms with Gasteiger partial charge in [-0.2, -0.15) is 5.10 Å². The largest absolute Gasteiger partial charge is 0.322 e. The van der Waals surface area contributed by atoms with Crippen molar-refractivity contribution >= 4 is 17.2 Å². The van der Waals surface area contributed by atoms with E-state index in [-0.39, 0.29) is 5.91 Å². The predicted octanol–water partition coefficient (Wildman–Crippen LogP) is 3.96. The molecule has 5 nitrogen and oxygen atoms in total. The predicted molar refractivity (Wildman–Crippen MR) is 97.6 cm³/mol. The molecule has 122 valence electrons. The number of hydrogen-bond acceptors (Lipinski definition) is 3. The van der Waals surface area contributed by atoms with Crippen molar-refractivity contribution in [3.8, 4) is 11.3 Å². The van der Waals surface area contributed by atoms with Crippen LogP contribution in [0.4, 0.5) is 5.69 Å². The number of hydrogen-bond donors (Lipinski definition) is 1. The van der Waals surface area contributed by atoms with Crippen molar-refractivity contribution in [2.75, 3.05) is 5.32 Å². The Hall–Kier alpha value is -3.47. The molecular formula is C20H16N4O. The highest BCUT2D eigenvalue weighted by molar-refractivity contribution is 6.08. The molecule has 0 aliphatic heterocycles. The summed E-state index contributed by atoms with van der Waals surface area (Å²) in [5, 5.41) is 7.26. The molecule has 2 heterocycles. The minimum Gasteiger partial charge on any atom is -0.322 e. The number of carbonyl (C=O) groups is 1. The molecule has 0 aliphatic carbocycles. The van der Waals surface area contributed by atoms with Gasteiger partial charge in [0, 0.05) is 17.4 Å². The SMILES string of the molecule is Cc1ccc(NC(=O)c2cnn3c(-c4ccccc4)ccnc23)cc1. The van der Waals surface area contributed by atoms with Gasteiger partial charge in [-0.15, -0.1) is 0 Å². The second-order valence-electron chi connectivity index (χ2n) is 5.81. The van der Waals surface area contributed by atoms with Crippen LogP contribution in [0, 0.1) is 6.92 Å². The van der Waals surface area contributed by atoms with E-state index in [4.69, 9.17) is 0 Å². The Morgan fingerprint density at radius 2 is 1.76 bits per heavy atom. The minimum absolute atomic E-state index is 0.225. The molecule has 0 aliphatic rings. The topological polar surface area (TPSA) is 59.3 Å². The van der Waals surface area contributed by atoms with Gasteiger partial charge in [0.05, 0.1) is 11.9 Å². The van der Waals surface area contributed by atoms with Gasteiger partial charge in [-0.05, 0) is 25.1 Å². The first-order chi connectivity index (χ1) is 12.2. The highest BCUT2D eigenvalue weighted by atomic mass is 16.1. The summed E-state index contributed by atoms with van der Waals surface area (Å²) >= 11 is 0. The third-order valence-corrected chi connectivity index (χ3v) is 4.02. The lowest BCUT2D eigenvalue weighted by molar-refractivity contribution is 0.102. The molecule has 1 amide bonds. The molecule has 0 unspecified atom stereocenters. The quantitative estimate of drug-likeness (QED) is 0.619. The van der Waals surface area contributed by atoms with E-state index >= 15 is 0 Å². The molecular weight excluding hydrogens is 312 g/mol. The number of fused-ring (bicyclic) bond motifs is 1. The Kier molecular flexibility index (Phi) is 3.74. The smallest absolute Gasteiger partial charge is 0.261 e. The lowest BCUT2D eigenvalue weighted by Gasteiger charge is -2.06. The summed E-state index contributed by atoms with van der Waals surface area (Å²) in [5.41, 5.74) is 4.77. The fourth-order valence-corrected chi connectivity index (χ4v) is 2.71. The number of anilines is 1. The van der Waals surface area contributed by atoms with Gasteiger partial charge in [0.15, 0.2) is 5.65 Å². The third-order valence-electron chi connectivity index (χ3n) is 4.02. The molecule has 0 saturated heterocycles. The Morgan fingerprint density at radius 1 is 1.00 bits per heavy atom. The Bertz CT molecular complexity index is 1040. The lowest BCUT2D eigenvalue weighted by Crippen LogP contribution is -2.12. The van der Waals surface area contributed by atoms with E-state index in [0.717, 1.165) is 22.5 Å². The van der Waals surface area contributed by atoms with E-state index in [9.17, 15) is 4.79 Å². The molecule has 25 heavy (non-hydrogen) atoms.